The number of rotatable bonds is 9. The fourth-order valence-electron chi connectivity index (χ4n) is 3.45. The topological polar surface area (TPSA) is 128 Å². The van der Waals surface area contributed by atoms with Crippen LogP contribution in [0, 0.1) is 0 Å². The van der Waals surface area contributed by atoms with Crippen molar-refractivity contribution in [1.82, 2.24) is 5.32 Å². The molecule has 1 aliphatic rings. The second kappa shape index (κ2) is 12.5. The summed E-state index contributed by atoms with van der Waals surface area (Å²) in [7, 11) is 1.23. The highest BCUT2D eigenvalue weighted by molar-refractivity contribution is 8.18. The summed E-state index contributed by atoms with van der Waals surface area (Å²) in [6.45, 7) is 2.02. The van der Waals surface area contributed by atoms with Crippen molar-refractivity contribution in [3.05, 3.63) is 77.2 Å². The lowest BCUT2D eigenvalue weighted by atomic mass is 10.1. The van der Waals surface area contributed by atoms with Gasteiger partial charge in [0.2, 0.25) is 0 Å². The lowest BCUT2D eigenvalue weighted by molar-refractivity contribution is -0.135. The van der Waals surface area contributed by atoms with E-state index in [1.165, 1.54) is 13.3 Å². The number of nitrogens with one attached hydrogen (secondary N) is 2. The molecule has 2 amide bonds. The molecule has 11 heteroatoms. The van der Waals surface area contributed by atoms with Gasteiger partial charge < -0.3 is 19.5 Å². The molecule has 4 rings (SSSR count). The molecule has 0 aromatic heterocycles. The third-order valence-corrected chi connectivity index (χ3v) is 6.05. The number of thioether (sulfide) groups is 1. The van der Waals surface area contributed by atoms with Gasteiger partial charge in [-0.2, -0.15) is 5.10 Å². The first-order valence-corrected chi connectivity index (χ1v) is 12.4. The quantitative estimate of drug-likeness (QED) is 0.185. The van der Waals surface area contributed by atoms with Crippen molar-refractivity contribution in [2.45, 2.75) is 6.92 Å². The molecule has 1 heterocycles. The first-order valence-electron chi connectivity index (χ1n) is 11.5. The molecule has 0 atom stereocenters. The van der Waals surface area contributed by atoms with Gasteiger partial charge in [0, 0.05) is 17.1 Å². The van der Waals surface area contributed by atoms with Gasteiger partial charge in [-0.25, -0.2) is 4.79 Å². The number of nitrogens with zero attached hydrogens (tertiary/aromatic N) is 2. The third kappa shape index (κ3) is 6.77. The number of ether oxygens (including phenoxy) is 3. The zero-order valence-electron chi connectivity index (χ0n) is 20.6. The summed E-state index contributed by atoms with van der Waals surface area (Å²) in [4.78, 5) is 36.0. The van der Waals surface area contributed by atoms with Gasteiger partial charge in [0.05, 0.1) is 24.8 Å². The molecule has 2 N–H and O–H groups in total. The van der Waals surface area contributed by atoms with Gasteiger partial charge >= 0.3 is 5.97 Å². The highest BCUT2D eigenvalue weighted by Crippen LogP contribution is 2.29. The minimum absolute atomic E-state index is 0.162. The zero-order valence-corrected chi connectivity index (χ0v) is 21.4. The van der Waals surface area contributed by atoms with E-state index in [9.17, 15) is 14.4 Å². The number of hydrogen-bond donors (Lipinski definition) is 2. The molecule has 0 unspecified atom stereocenters. The van der Waals surface area contributed by atoms with Crippen LogP contribution in [0.25, 0.3) is 10.8 Å². The van der Waals surface area contributed by atoms with Crippen molar-refractivity contribution in [2.75, 3.05) is 25.6 Å². The van der Waals surface area contributed by atoms with Crippen molar-refractivity contribution >= 4 is 57.4 Å². The van der Waals surface area contributed by atoms with Crippen LogP contribution in [-0.4, -0.2) is 49.5 Å². The second-order valence-corrected chi connectivity index (χ2v) is 8.77. The number of fused-ring (bicyclic) bond motifs is 1. The van der Waals surface area contributed by atoms with Crippen molar-refractivity contribution in [2.24, 2.45) is 10.2 Å². The van der Waals surface area contributed by atoms with E-state index in [2.05, 4.69) is 25.6 Å². The van der Waals surface area contributed by atoms with Crippen LogP contribution in [-0.2, 0) is 19.1 Å². The molecule has 0 radical (unpaired) electrons. The average Bonchev–Trinajstić information content (AvgIpc) is 3.26. The van der Waals surface area contributed by atoms with Gasteiger partial charge in [0.1, 0.15) is 0 Å². The first-order chi connectivity index (χ1) is 18.5. The fourth-order valence-corrected chi connectivity index (χ4v) is 4.18. The summed E-state index contributed by atoms with van der Waals surface area (Å²) in [5.41, 5.74) is 1.37. The summed E-state index contributed by atoms with van der Waals surface area (Å²) in [5.74, 6) is -0.557. The monoisotopic (exact) mass is 532 g/mol. The van der Waals surface area contributed by atoms with Crippen LogP contribution < -0.4 is 20.1 Å². The Balaban J connectivity index is 1.39. The molecule has 38 heavy (non-hydrogen) atoms. The minimum atomic E-state index is -0.635. The van der Waals surface area contributed by atoms with E-state index in [1.807, 2.05) is 49.4 Å². The Labute approximate surface area is 222 Å². The van der Waals surface area contributed by atoms with Gasteiger partial charge in [-0.15, -0.1) is 5.10 Å². The molecule has 1 saturated heterocycles. The molecular weight excluding hydrogens is 508 g/mol. The molecule has 0 bridgehead atoms. The number of benzene rings is 3. The molecule has 0 saturated carbocycles. The summed E-state index contributed by atoms with van der Waals surface area (Å²) in [6.07, 6.45) is 2.56. The molecular formula is C27H24N4O6S. The lowest BCUT2D eigenvalue weighted by Crippen LogP contribution is -2.20. The first kappa shape index (κ1) is 26.4. The van der Waals surface area contributed by atoms with E-state index in [-0.39, 0.29) is 22.6 Å². The standard InChI is InChI=1S/C27H24N4O6S/c1-3-36-22-13-17(15-28-31-27-30-26(34)23(38-27)14-25(33)35-2)11-12-21(22)37-16-24(32)29-20-10-6-8-18-7-4-5-9-19(18)20/h4-15H,3,16H2,1-2H3,(H,29,32)(H,30,31,34)/b23-14+,28-15?. The summed E-state index contributed by atoms with van der Waals surface area (Å²) in [6, 6.07) is 18.6. The molecule has 10 nitrogen and oxygen atoms in total. The second-order valence-electron chi connectivity index (χ2n) is 7.74. The van der Waals surface area contributed by atoms with Crippen LogP contribution in [0.1, 0.15) is 12.5 Å². The number of carbonyl (C=O) groups is 3. The van der Waals surface area contributed by atoms with Crippen LogP contribution in [0.15, 0.2) is 81.8 Å². The van der Waals surface area contributed by atoms with Crippen molar-refractivity contribution in [3.8, 4) is 11.5 Å². The maximum absolute atomic E-state index is 12.6. The third-order valence-electron chi connectivity index (χ3n) is 5.15. The Morgan fingerprint density at radius 1 is 1.05 bits per heavy atom. The largest absolute Gasteiger partial charge is 0.490 e. The maximum Gasteiger partial charge on any atom is 0.331 e. The van der Waals surface area contributed by atoms with Gasteiger partial charge in [0.25, 0.3) is 11.8 Å². The Morgan fingerprint density at radius 3 is 2.68 bits per heavy atom. The summed E-state index contributed by atoms with van der Waals surface area (Å²) >= 11 is 0.975. The molecule has 0 aliphatic carbocycles. The van der Waals surface area contributed by atoms with Gasteiger partial charge in [-0.05, 0) is 53.9 Å². The van der Waals surface area contributed by atoms with Crippen molar-refractivity contribution in [3.63, 3.8) is 0 Å². The van der Waals surface area contributed by atoms with Crippen LogP contribution >= 0.6 is 11.8 Å². The van der Waals surface area contributed by atoms with E-state index >= 15 is 0 Å². The Kier molecular flexibility index (Phi) is 8.73. The van der Waals surface area contributed by atoms with Crippen LogP contribution in [0.4, 0.5) is 5.69 Å². The van der Waals surface area contributed by atoms with Crippen LogP contribution in [0.3, 0.4) is 0 Å². The predicted molar refractivity (Wildman–Crippen MR) is 147 cm³/mol. The number of amidine groups is 1. The minimum Gasteiger partial charge on any atom is -0.490 e. The van der Waals surface area contributed by atoms with Crippen LogP contribution in [0.2, 0.25) is 0 Å². The smallest absolute Gasteiger partial charge is 0.331 e. The Morgan fingerprint density at radius 2 is 1.87 bits per heavy atom. The average molecular weight is 533 g/mol. The van der Waals surface area contributed by atoms with E-state index in [0.29, 0.717) is 29.4 Å². The summed E-state index contributed by atoms with van der Waals surface area (Å²) in [5, 5.41) is 15.6. The lowest BCUT2D eigenvalue weighted by Gasteiger charge is -2.13. The molecule has 0 spiro atoms. The molecule has 3 aromatic carbocycles. The number of esters is 1. The molecule has 1 aliphatic heterocycles. The number of amides is 2. The number of carbonyl (C=O) groups excluding carboxylic acids is 3. The summed E-state index contributed by atoms with van der Waals surface area (Å²) < 4.78 is 15.9. The zero-order chi connectivity index (χ0) is 26.9. The Bertz CT molecular complexity index is 1460. The predicted octanol–water partition coefficient (Wildman–Crippen LogP) is 3.87. The molecule has 194 valence electrons. The Hall–Kier alpha value is -4.64. The van der Waals surface area contributed by atoms with Crippen molar-refractivity contribution < 1.29 is 28.6 Å². The van der Waals surface area contributed by atoms with Gasteiger partial charge in [-0.1, -0.05) is 36.4 Å². The van der Waals surface area contributed by atoms with Crippen molar-refractivity contribution in [1.29, 1.82) is 0 Å². The van der Waals surface area contributed by atoms with Gasteiger partial charge in [-0.3, -0.25) is 14.9 Å². The highest BCUT2D eigenvalue weighted by atomic mass is 32.2. The SMILES string of the molecule is CCOc1cc(C=N/N=C2/NC(=O)/C(=C\C(=O)OC)S2)ccc1OCC(=O)Nc1cccc2ccccc12. The normalized spacial score (nSPS) is 15.2. The fraction of sp³-hybridized carbons (Fsp3) is 0.148. The number of anilines is 1. The van der Waals surface area contributed by atoms with E-state index in [1.54, 1.807) is 18.2 Å². The van der Waals surface area contributed by atoms with Crippen LogP contribution in [0.5, 0.6) is 11.5 Å². The molecule has 1 fully saturated rings. The van der Waals surface area contributed by atoms with E-state index < -0.39 is 11.9 Å². The van der Waals surface area contributed by atoms with Gasteiger partial charge in [0.15, 0.2) is 23.3 Å². The van der Waals surface area contributed by atoms with E-state index in [0.717, 1.165) is 28.6 Å². The molecule has 3 aromatic rings. The van der Waals surface area contributed by atoms with E-state index in [4.69, 9.17) is 9.47 Å². The highest BCUT2D eigenvalue weighted by Gasteiger charge is 2.25. The maximum atomic E-state index is 12.6. The number of hydrogen-bond acceptors (Lipinski definition) is 9. The number of methoxy groups -OCH3 is 1.